The van der Waals surface area contributed by atoms with Crippen LogP contribution in [0.4, 0.5) is 34.9 Å². The lowest BCUT2D eigenvalue weighted by Crippen LogP contribution is -2.26. The lowest BCUT2D eigenvalue weighted by molar-refractivity contribution is 0.0854. The number of nitrogens with one attached hydrogen (secondary N) is 4. The Labute approximate surface area is 272 Å². The van der Waals surface area contributed by atoms with Crippen LogP contribution in [0.25, 0.3) is 0 Å². The van der Waals surface area contributed by atoms with Gasteiger partial charge >= 0.3 is 0 Å². The van der Waals surface area contributed by atoms with Gasteiger partial charge in [-0.25, -0.2) is 0 Å². The summed E-state index contributed by atoms with van der Waals surface area (Å²) in [7, 11) is 0. The molecule has 0 unspecified atom stereocenters. The van der Waals surface area contributed by atoms with Crippen LogP contribution in [0.5, 0.6) is 0 Å². The maximum Gasteiger partial charge on any atom is 0.281 e. The molecule has 2 amide bonds. The predicted molar refractivity (Wildman–Crippen MR) is 182 cm³/mol. The van der Waals surface area contributed by atoms with Crippen LogP contribution in [-0.4, -0.2) is 51.7 Å². The van der Waals surface area contributed by atoms with E-state index in [9.17, 15) is 14.8 Å². The minimum Gasteiger partial charge on any atom is -0.380 e. The summed E-state index contributed by atoms with van der Waals surface area (Å²) in [5, 5.41) is 23.5. The Kier molecular flexibility index (Phi) is 11.4. The van der Waals surface area contributed by atoms with Gasteiger partial charge in [0.05, 0.1) is 12.3 Å². The molecule has 0 aliphatic rings. The number of aromatic nitrogens is 3. The number of benzene rings is 4. The van der Waals surface area contributed by atoms with Gasteiger partial charge in [-0.05, 0) is 72.6 Å². The van der Waals surface area contributed by atoms with Crippen LogP contribution in [0, 0.1) is 0 Å². The molecule has 47 heavy (non-hydrogen) atoms. The summed E-state index contributed by atoms with van der Waals surface area (Å²) in [4.78, 5) is 38.8. The number of amides is 2. The number of hydrogen-bond donors (Lipinski definition) is 5. The van der Waals surface area contributed by atoms with E-state index in [1.807, 2.05) is 37.3 Å². The van der Waals surface area contributed by atoms with Crippen LogP contribution in [0.1, 0.15) is 39.6 Å². The number of rotatable bonds is 15. The van der Waals surface area contributed by atoms with Crippen LogP contribution in [0.2, 0.25) is 0 Å². The molecule has 0 aliphatic carbocycles. The number of hydroxylamine groups is 1. The summed E-state index contributed by atoms with van der Waals surface area (Å²) < 4.78 is 5.56. The SMILES string of the molecule is CCCOCCNc1nc(Nc2ccc(C(=O)NCc3ccccc3)cc2)nc(Nc2ccc(N(O)C(=O)c3ccccc3)cc2)n1. The molecule has 4 aromatic carbocycles. The molecule has 0 saturated carbocycles. The van der Waals surface area contributed by atoms with Crippen molar-refractivity contribution in [3.63, 3.8) is 0 Å². The molecule has 0 spiro atoms. The van der Waals surface area contributed by atoms with Crippen LogP contribution >= 0.6 is 0 Å². The zero-order valence-corrected chi connectivity index (χ0v) is 25.9. The summed E-state index contributed by atoms with van der Waals surface area (Å²) in [5.41, 5.74) is 3.50. The molecule has 1 heterocycles. The van der Waals surface area contributed by atoms with Crippen molar-refractivity contribution in [2.24, 2.45) is 0 Å². The molecular weight excluding hydrogens is 596 g/mol. The van der Waals surface area contributed by atoms with E-state index in [2.05, 4.69) is 36.2 Å². The Balaban J connectivity index is 1.26. The minimum atomic E-state index is -0.543. The van der Waals surface area contributed by atoms with Crippen molar-refractivity contribution in [2.45, 2.75) is 19.9 Å². The van der Waals surface area contributed by atoms with Gasteiger partial charge in [0.25, 0.3) is 11.8 Å². The molecule has 0 atom stereocenters. The van der Waals surface area contributed by atoms with Crippen molar-refractivity contribution in [1.29, 1.82) is 0 Å². The first kappa shape index (κ1) is 32.5. The standard InChI is InChI=1S/C35H36N8O4/c1-2-22-47-23-21-36-33-40-34(38-28-15-13-26(14-16-28)31(44)37-24-25-9-5-3-6-10-25)42-35(41-33)39-29-17-19-30(20-18-29)43(46)32(45)27-11-7-4-8-12-27/h3-20,46H,2,21-24H2,1H3,(H,37,44)(H3,36,38,39,40,41,42). The second kappa shape index (κ2) is 16.5. The van der Waals surface area contributed by atoms with Crippen molar-refractivity contribution in [2.75, 3.05) is 40.8 Å². The highest BCUT2D eigenvalue weighted by molar-refractivity contribution is 6.04. The van der Waals surface area contributed by atoms with E-state index >= 15 is 0 Å². The molecule has 5 N–H and O–H groups in total. The summed E-state index contributed by atoms with van der Waals surface area (Å²) >= 11 is 0. The van der Waals surface area contributed by atoms with E-state index in [0.717, 1.165) is 12.0 Å². The Morgan fingerprint density at radius 3 is 1.89 bits per heavy atom. The molecule has 12 heteroatoms. The molecule has 0 aliphatic heterocycles. The third-order valence-corrected chi connectivity index (χ3v) is 6.79. The van der Waals surface area contributed by atoms with E-state index < -0.39 is 5.91 Å². The normalized spacial score (nSPS) is 10.6. The smallest absolute Gasteiger partial charge is 0.281 e. The number of carbonyl (C=O) groups excluding carboxylic acids is 2. The highest BCUT2D eigenvalue weighted by Gasteiger charge is 2.16. The van der Waals surface area contributed by atoms with E-state index in [1.165, 1.54) is 0 Å². The number of hydrogen-bond acceptors (Lipinski definition) is 10. The molecule has 5 aromatic rings. The minimum absolute atomic E-state index is 0.177. The van der Waals surface area contributed by atoms with Crippen LogP contribution in [0.3, 0.4) is 0 Å². The fourth-order valence-corrected chi connectivity index (χ4v) is 4.40. The van der Waals surface area contributed by atoms with E-state index in [0.29, 0.717) is 65.5 Å². The quantitative estimate of drug-likeness (QED) is 0.0515. The summed E-state index contributed by atoms with van der Waals surface area (Å²) in [6, 6.07) is 31.8. The van der Waals surface area contributed by atoms with Crippen molar-refractivity contribution in [3.8, 4) is 0 Å². The number of anilines is 6. The predicted octanol–water partition coefficient (Wildman–Crippen LogP) is 6.16. The second-order valence-corrected chi connectivity index (χ2v) is 10.4. The fourth-order valence-electron chi connectivity index (χ4n) is 4.40. The van der Waals surface area contributed by atoms with Gasteiger partial charge in [-0.15, -0.1) is 0 Å². The van der Waals surface area contributed by atoms with E-state index in [1.54, 1.807) is 78.9 Å². The first-order valence-corrected chi connectivity index (χ1v) is 15.2. The van der Waals surface area contributed by atoms with E-state index in [4.69, 9.17) is 4.74 Å². The number of nitrogens with zero attached hydrogens (tertiary/aromatic N) is 4. The van der Waals surface area contributed by atoms with Crippen LogP contribution in [-0.2, 0) is 11.3 Å². The van der Waals surface area contributed by atoms with Crippen molar-refractivity contribution in [1.82, 2.24) is 20.3 Å². The molecule has 5 rings (SSSR count). The highest BCUT2D eigenvalue weighted by Crippen LogP contribution is 2.22. The molecular formula is C35H36N8O4. The Morgan fingerprint density at radius 1 is 0.702 bits per heavy atom. The largest absolute Gasteiger partial charge is 0.380 e. The molecule has 0 radical (unpaired) electrons. The first-order chi connectivity index (χ1) is 23.0. The third kappa shape index (κ3) is 9.57. The lowest BCUT2D eigenvalue weighted by atomic mass is 10.2. The van der Waals surface area contributed by atoms with Gasteiger partial charge in [-0.3, -0.25) is 14.8 Å². The van der Waals surface area contributed by atoms with Crippen LogP contribution in [0.15, 0.2) is 109 Å². The Hall–Kier alpha value is -5.85. The van der Waals surface area contributed by atoms with Crippen molar-refractivity contribution >= 4 is 46.7 Å². The van der Waals surface area contributed by atoms with Gasteiger partial charge in [0.15, 0.2) is 0 Å². The van der Waals surface area contributed by atoms with E-state index in [-0.39, 0.29) is 17.8 Å². The first-order valence-electron chi connectivity index (χ1n) is 15.2. The van der Waals surface area contributed by atoms with Gasteiger partial charge in [0.2, 0.25) is 17.8 Å². The summed E-state index contributed by atoms with van der Waals surface area (Å²) in [6.07, 6.45) is 0.925. The Bertz CT molecular complexity index is 1740. The van der Waals surface area contributed by atoms with Gasteiger partial charge in [0.1, 0.15) is 0 Å². The molecule has 0 bridgehead atoms. The topological polar surface area (TPSA) is 154 Å². The van der Waals surface area contributed by atoms with Gasteiger partial charge in [-0.1, -0.05) is 55.5 Å². The maximum absolute atomic E-state index is 12.6. The zero-order chi connectivity index (χ0) is 32.8. The molecule has 0 fully saturated rings. The fraction of sp³-hybridized carbons (Fsp3) is 0.171. The molecule has 240 valence electrons. The molecule has 0 saturated heterocycles. The average molecular weight is 633 g/mol. The van der Waals surface area contributed by atoms with Gasteiger partial charge in [0, 0.05) is 42.2 Å². The molecule has 1 aromatic heterocycles. The lowest BCUT2D eigenvalue weighted by Gasteiger charge is -2.16. The zero-order valence-electron chi connectivity index (χ0n) is 25.9. The van der Waals surface area contributed by atoms with Crippen molar-refractivity contribution < 1.29 is 19.5 Å². The van der Waals surface area contributed by atoms with Crippen molar-refractivity contribution in [3.05, 3.63) is 126 Å². The van der Waals surface area contributed by atoms with Gasteiger partial charge < -0.3 is 26.0 Å². The second-order valence-electron chi connectivity index (χ2n) is 10.4. The number of carbonyl (C=O) groups is 2. The maximum atomic E-state index is 12.6. The Morgan fingerprint density at radius 2 is 1.28 bits per heavy atom. The summed E-state index contributed by atoms with van der Waals surface area (Å²) in [5.74, 6) is 0.133. The van der Waals surface area contributed by atoms with Gasteiger partial charge in [-0.2, -0.15) is 20.0 Å². The summed E-state index contributed by atoms with van der Waals surface area (Å²) in [6.45, 7) is 4.12. The molecule has 12 nitrogen and oxygen atoms in total. The average Bonchev–Trinajstić information content (AvgIpc) is 3.11. The number of ether oxygens (including phenoxy) is 1. The van der Waals surface area contributed by atoms with Crippen LogP contribution < -0.4 is 26.3 Å². The third-order valence-electron chi connectivity index (χ3n) is 6.79. The monoisotopic (exact) mass is 632 g/mol. The highest BCUT2D eigenvalue weighted by atomic mass is 16.5.